The van der Waals surface area contributed by atoms with Crippen molar-refractivity contribution in [3.8, 4) is 5.75 Å². The highest BCUT2D eigenvalue weighted by Crippen LogP contribution is 2.24. The lowest BCUT2D eigenvalue weighted by Gasteiger charge is -2.30. The van der Waals surface area contributed by atoms with E-state index in [1.807, 2.05) is 0 Å². The molecular formula is C64H82N18O13. The molecule has 0 unspecified atom stereocenters. The number of guanidine groups is 1. The lowest BCUT2D eigenvalue weighted by atomic mass is 9.99. The summed E-state index contributed by atoms with van der Waals surface area (Å²) < 4.78 is 0. The van der Waals surface area contributed by atoms with Gasteiger partial charge in [-0.1, -0.05) is 62.4 Å². The molecule has 11 amide bonds. The van der Waals surface area contributed by atoms with E-state index in [4.69, 9.17) is 17.2 Å². The number of aliphatic imine (C=N–C) groups is 1. The number of nitrogens with one attached hydrogen (secondary N) is 12. The van der Waals surface area contributed by atoms with Gasteiger partial charge < -0.3 is 95.1 Å². The third kappa shape index (κ3) is 19.6. The number of phenols is 1. The van der Waals surface area contributed by atoms with Crippen LogP contribution in [0.2, 0.25) is 0 Å². The second-order valence-corrected chi connectivity index (χ2v) is 24.0. The van der Waals surface area contributed by atoms with E-state index in [1.165, 1.54) is 41.7 Å². The number of hydrogen-bond acceptors (Lipinski definition) is 15. The van der Waals surface area contributed by atoms with Gasteiger partial charge >= 0.3 is 0 Å². The smallest absolute Gasteiger partial charge is 0.245 e. The Kier molecular flexibility index (Phi) is 24.4. The first-order valence-electron chi connectivity index (χ1n) is 31.3. The molecule has 0 spiro atoms. The Bertz CT molecular complexity index is 3750. The SMILES string of the molecule is CC(C)C[C@H](NC(=O)[C@@H](Cc1c[nH]c2ccccc12)NC(=O)[C@H](Cc1ccc(O)cc1)NC(=O)[C@H](CO)NC(=O)[C@H](Cc1c[nH]c2ccccc12)NC(=O)[C@H](Cc1cnc[nH]1)NC(=O)[C@@H]1CCC(=O)N1)C(=O)N[C@@H](CCCN=C(N)N)C(=O)N1CCC[C@@H]1C(=O)NCC(N)=O. The van der Waals surface area contributed by atoms with Crippen molar-refractivity contribution >= 4 is 92.7 Å². The summed E-state index contributed by atoms with van der Waals surface area (Å²) in [5.74, 6) is -9.04. The van der Waals surface area contributed by atoms with Gasteiger partial charge in [0.15, 0.2) is 5.96 Å². The Morgan fingerprint density at radius 2 is 1.18 bits per heavy atom. The minimum Gasteiger partial charge on any atom is -0.508 e. The molecule has 9 atom stereocenters. The number of rotatable bonds is 33. The molecule has 0 bridgehead atoms. The number of phenolic OH excluding ortho intramolecular Hbond substituents is 1. The first kappa shape index (κ1) is 70.0. The third-order valence-corrected chi connectivity index (χ3v) is 16.4. The normalized spacial score (nSPS) is 16.6. The highest BCUT2D eigenvalue weighted by atomic mass is 16.3. The fourth-order valence-electron chi connectivity index (χ4n) is 11.5. The summed E-state index contributed by atoms with van der Waals surface area (Å²) in [5, 5.41) is 46.5. The fraction of sp³-hybridized carbons (Fsp3) is 0.422. The number of nitrogens with two attached hydrogens (primary N) is 3. The van der Waals surface area contributed by atoms with Crippen molar-refractivity contribution in [3.05, 3.63) is 120 Å². The molecule has 20 N–H and O–H groups in total. The number of nitrogens with zero attached hydrogens (tertiary/aromatic N) is 3. The van der Waals surface area contributed by atoms with Crippen LogP contribution in [0.4, 0.5) is 0 Å². The number of primary amides is 1. The monoisotopic (exact) mass is 1310 g/mol. The maximum Gasteiger partial charge on any atom is 0.245 e. The molecule has 31 heteroatoms. The summed E-state index contributed by atoms with van der Waals surface area (Å²) in [4.78, 5) is 172. The second kappa shape index (κ2) is 33.1. The Morgan fingerprint density at radius 3 is 1.72 bits per heavy atom. The van der Waals surface area contributed by atoms with Crippen molar-refractivity contribution in [1.82, 2.24) is 72.7 Å². The molecule has 6 aromatic rings. The van der Waals surface area contributed by atoms with Crippen molar-refractivity contribution < 1.29 is 63.0 Å². The van der Waals surface area contributed by atoms with E-state index in [2.05, 4.69) is 72.8 Å². The standard InChI is InChI=1S/C64H82N18O13/c1-34(2)23-46(56(88)75-45(13-7-21-69-64(66)67)63(95)82-22-8-14-52(82)62(94)72-31-53(65)85)76-58(90)48(25-36-28-70-42-11-5-3-9-40(36)42)78-57(89)47(24-35-15-17-39(84)18-16-35)77-61(93)51(32-83)81-59(91)49(26-37-29-71-43-12-6-4-10-41(37)43)79-60(92)50(27-38-30-68-33-73-38)80-55(87)44-19-20-54(86)74-44/h3-6,9-12,15-18,28-30,33-34,44-52,70-71,83-84H,7-8,13-14,19-27,31-32H2,1-2H3,(H2,65,85)(H,68,73)(H,72,94)(H,74,86)(H,75,88)(H,76,90)(H,77,93)(H,78,89)(H,79,92)(H,80,87)(H,81,91)(H4,66,67,69)/t44-,45-,46-,47-,48+,49-,50-,51-,52+/m0/s1. The number of fused-ring (bicyclic) bond motifs is 2. The first-order valence-corrected chi connectivity index (χ1v) is 31.3. The number of likely N-dealkylation sites (tertiary alicyclic amines) is 1. The zero-order valence-corrected chi connectivity index (χ0v) is 52.6. The molecular weight excluding hydrogens is 1230 g/mol. The third-order valence-electron chi connectivity index (χ3n) is 16.4. The van der Waals surface area contributed by atoms with Crippen LogP contribution >= 0.6 is 0 Å². The number of H-pyrrole nitrogens is 3. The van der Waals surface area contributed by atoms with Crippen LogP contribution in [0.25, 0.3) is 21.8 Å². The van der Waals surface area contributed by atoms with Crippen LogP contribution in [0, 0.1) is 5.92 Å². The minimum atomic E-state index is -1.80. The van der Waals surface area contributed by atoms with Gasteiger partial charge in [0.25, 0.3) is 0 Å². The van der Waals surface area contributed by atoms with Crippen molar-refractivity contribution in [2.75, 3.05) is 26.2 Å². The molecule has 2 aliphatic heterocycles. The molecule has 95 heavy (non-hydrogen) atoms. The van der Waals surface area contributed by atoms with E-state index in [-0.39, 0.29) is 101 Å². The Balaban J connectivity index is 1.05. The molecule has 31 nitrogen and oxygen atoms in total. The predicted molar refractivity (Wildman–Crippen MR) is 346 cm³/mol. The van der Waals surface area contributed by atoms with E-state index < -0.39 is 127 Å². The van der Waals surface area contributed by atoms with Crippen LogP contribution in [0.5, 0.6) is 5.75 Å². The lowest BCUT2D eigenvalue weighted by molar-refractivity contribution is -0.142. The highest BCUT2D eigenvalue weighted by Gasteiger charge is 2.40. The molecule has 3 aromatic heterocycles. The van der Waals surface area contributed by atoms with Crippen LogP contribution in [-0.2, 0) is 78.4 Å². The topological polar surface area (TPSA) is 490 Å². The van der Waals surface area contributed by atoms with Gasteiger partial charge in [-0.3, -0.25) is 57.7 Å². The number of aromatic hydroxyl groups is 1. The Morgan fingerprint density at radius 1 is 0.642 bits per heavy atom. The number of aliphatic hydroxyl groups is 1. The summed E-state index contributed by atoms with van der Waals surface area (Å²) in [6.07, 6.45) is 6.51. The average Bonchev–Trinajstić information content (AvgIpc) is 1.81. The van der Waals surface area contributed by atoms with Gasteiger partial charge in [-0.05, 0) is 85.4 Å². The van der Waals surface area contributed by atoms with Gasteiger partial charge in [0.1, 0.15) is 60.1 Å². The van der Waals surface area contributed by atoms with Crippen LogP contribution in [-0.4, -0.2) is 187 Å². The maximum atomic E-state index is 15.1. The summed E-state index contributed by atoms with van der Waals surface area (Å²) in [5.41, 5.74) is 19.8. The van der Waals surface area contributed by atoms with Crippen LogP contribution in [0.3, 0.4) is 0 Å². The largest absolute Gasteiger partial charge is 0.508 e. The van der Waals surface area contributed by atoms with Gasteiger partial charge in [0.05, 0.1) is 19.5 Å². The maximum absolute atomic E-state index is 15.1. The minimum absolute atomic E-state index is 0.00905. The second-order valence-electron chi connectivity index (χ2n) is 24.0. The Labute approximate surface area is 545 Å². The summed E-state index contributed by atoms with van der Waals surface area (Å²) in [7, 11) is 0. The van der Waals surface area contributed by atoms with Gasteiger partial charge in [-0.15, -0.1) is 0 Å². The number of aliphatic hydroxyl groups excluding tert-OH is 1. The summed E-state index contributed by atoms with van der Waals surface area (Å²) in [6.45, 7) is 2.33. The molecule has 8 rings (SSSR count). The molecule has 0 saturated carbocycles. The summed E-state index contributed by atoms with van der Waals surface area (Å²) >= 11 is 0. The molecule has 2 fully saturated rings. The first-order chi connectivity index (χ1) is 45.5. The van der Waals surface area contributed by atoms with Gasteiger partial charge in [0.2, 0.25) is 65.0 Å². The van der Waals surface area contributed by atoms with Gasteiger partial charge in [0, 0.05) is 91.3 Å². The van der Waals surface area contributed by atoms with Crippen molar-refractivity contribution in [1.29, 1.82) is 0 Å². The summed E-state index contributed by atoms with van der Waals surface area (Å²) in [6, 6.07) is 7.78. The number of para-hydroxylation sites is 2. The lowest BCUT2D eigenvalue weighted by Crippen LogP contribution is -2.61. The number of benzene rings is 3. The molecule has 0 radical (unpaired) electrons. The van der Waals surface area contributed by atoms with Crippen LogP contribution in [0.1, 0.15) is 81.2 Å². The van der Waals surface area contributed by atoms with E-state index in [0.717, 1.165) is 0 Å². The predicted octanol–water partition coefficient (Wildman–Crippen LogP) is -2.29. The molecule has 2 aliphatic rings. The number of amides is 11. The molecule has 506 valence electrons. The van der Waals surface area contributed by atoms with Crippen molar-refractivity contribution in [2.45, 2.75) is 139 Å². The van der Waals surface area contributed by atoms with Crippen LogP contribution in [0.15, 0.2) is 103 Å². The van der Waals surface area contributed by atoms with E-state index in [1.54, 1.807) is 74.8 Å². The number of hydrogen-bond donors (Lipinski definition) is 17. The number of aromatic amines is 3. The average molecular weight is 1310 g/mol. The van der Waals surface area contributed by atoms with Crippen molar-refractivity contribution in [2.24, 2.45) is 28.1 Å². The zero-order chi connectivity index (χ0) is 68.3. The highest BCUT2D eigenvalue weighted by molar-refractivity contribution is 6.00. The number of carbonyl (C=O) groups excluding carboxylic acids is 11. The quantitative estimate of drug-likeness (QED) is 0.0117. The van der Waals surface area contributed by atoms with Crippen molar-refractivity contribution in [3.63, 3.8) is 0 Å². The molecule has 5 heterocycles. The molecule has 0 aliphatic carbocycles. The number of imidazole rings is 1. The Hall–Kier alpha value is -10.8. The molecule has 2 saturated heterocycles. The van der Waals surface area contributed by atoms with Gasteiger partial charge in [-0.2, -0.15) is 0 Å². The zero-order valence-electron chi connectivity index (χ0n) is 52.6. The van der Waals surface area contributed by atoms with E-state index in [0.29, 0.717) is 50.6 Å². The number of carbonyl (C=O) groups is 11. The molecule has 3 aromatic carbocycles. The number of aromatic nitrogens is 4. The van der Waals surface area contributed by atoms with E-state index in [9.17, 15) is 53.4 Å². The fourth-order valence-corrected chi connectivity index (χ4v) is 11.5. The van der Waals surface area contributed by atoms with Gasteiger partial charge in [-0.25, -0.2) is 4.98 Å². The van der Waals surface area contributed by atoms with Crippen LogP contribution < -0.4 is 65.1 Å². The van der Waals surface area contributed by atoms with E-state index >= 15 is 9.59 Å².